The predicted octanol–water partition coefficient (Wildman–Crippen LogP) is 2.37. The molecule has 1 atom stereocenters. The normalized spacial score (nSPS) is 12.7. The molecule has 1 unspecified atom stereocenters. The maximum absolute atomic E-state index is 6.08. The van der Waals surface area contributed by atoms with Crippen molar-refractivity contribution in [3.63, 3.8) is 0 Å². The van der Waals surface area contributed by atoms with Gasteiger partial charge in [0.15, 0.2) is 0 Å². The zero-order valence-electron chi connectivity index (χ0n) is 9.83. The minimum Gasteiger partial charge on any atom is -0.491 e. The van der Waals surface area contributed by atoms with Crippen LogP contribution in [0.3, 0.4) is 0 Å². The second-order valence-corrected chi connectivity index (χ2v) is 4.65. The Morgan fingerprint density at radius 1 is 1.24 bits per heavy atom. The van der Waals surface area contributed by atoms with Gasteiger partial charge in [0.2, 0.25) is 0 Å². The summed E-state index contributed by atoms with van der Waals surface area (Å²) in [6.07, 6.45) is 0.178. The molecule has 0 fully saturated rings. The first-order chi connectivity index (χ1) is 8.16. The summed E-state index contributed by atoms with van der Waals surface area (Å²) in [5, 5.41) is 5.84. The third-order valence-corrected chi connectivity index (χ3v) is 2.83. The molecule has 90 valence electrons. The van der Waals surface area contributed by atoms with E-state index in [0.717, 1.165) is 17.0 Å². The summed E-state index contributed by atoms with van der Waals surface area (Å²) in [4.78, 5) is 0. The molecule has 2 N–H and O–H groups in total. The van der Waals surface area contributed by atoms with E-state index < -0.39 is 0 Å². The lowest BCUT2D eigenvalue weighted by molar-refractivity contribution is 0.242. The second-order valence-electron chi connectivity index (χ2n) is 4.04. The SMILES string of the molecule is CC(C)Oc1ccc(C(N)c2csnn2)cc1. The first-order valence-electron chi connectivity index (χ1n) is 5.46. The second kappa shape index (κ2) is 5.25. The van der Waals surface area contributed by atoms with Gasteiger partial charge in [-0.25, -0.2) is 0 Å². The van der Waals surface area contributed by atoms with Crippen LogP contribution in [0, 0.1) is 0 Å². The molecule has 5 heteroatoms. The highest BCUT2D eigenvalue weighted by Gasteiger charge is 2.11. The van der Waals surface area contributed by atoms with Gasteiger partial charge in [0, 0.05) is 5.38 Å². The molecule has 0 aliphatic rings. The Labute approximate surface area is 105 Å². The molecule has 17 heavy (non-hydrogen) atoms. The van der Waals surface area contributed by atoms with E-state index in [-0.39, 0.29) is 12.1 Å². The third-order valence-electron chi connectivity index (χ3n) is 2.31. The molecule has 0 radical (unpaired) electrons. The summed E-state index contributed by atoms with van der Waals surface area (Å²) < 4.78 is 9.39. The standard InChI is InChI=1S/C12H15N3OS/c1-8(2)16-10-5-3-9(4-6-10)12(13)11-7-17-15-14-11/h3-8,12H,13H2,1-2H3. The average molecular weight is 249 g/mol. The van der Waals surface area contributed by atoms with E-state index in [9.17, 15) is 0 Å². The van der Waals surface area contributed by atoms with E-state index in [1.807, 2.05) is 43.5 Å². The van der Waals surface area contributed by atoms with Crippen molar-refractivity contribution in [1.29, 1.82) is 0 Å². The van der Waals surface area contributed by atoms with Crippen LogP contribution in [0.4, 0.5) is 0 Å². The Morgan fingerprint density at radius 3 is 2.47 bits per heavy atom. The summed E-state index contributed by atoms with van der Waals surface area (Å²) in [5.74, 6) is 0.854. The van der Waals surface area contributed by atoms with Crippen LogP contribution in [-0.4, -0.2) is 15.7 Å². The highest BCUT2D eigenvalue weighted by Crippen LogP contribution is 2.21. The van der Waals surface area contributed by atoms with Crippen LogP contribution in [0.25, 0.3) is 0 Å². The quantitative estimate of drug-likeness (QED) is 0.903. The van der Waals surface area contributed by atoms with Gasteiger partial charge >= 0.3 is 0 Å². The molecule has 1 aromatic heterocycles. The molecule has 2 aromatic rings. The zero-order chi connectivity index (χ0) is 12.3. The van der Waals surface area contributed by atoms with Gasteiger partial charge < -0.3 is 10.5 Å². The van der Waals surface area contributed by atoms with Gasteiger partial charge in [0.1, 0.15) is 5.75 Å². The molecule has 0 amide bonds. The molecule has 0 saturated heterocycles. The number of aromatic nitrogens is 2. The van der Waals surface area contributed by atoms with Gasteiger partial charge in [-0.1, -0.05) is 16.6 Å². The Morgan fingerprint density at radius 2 is 1.94 bits per heavy atom. The molecule has 1 aromatic carbocycles. The Kier molecular flexibility index (Phi) is 3.71. The minimum atomic E-state index is -0.221. The average Bonchev–Trinajstić information content (AvgIpc) is 2.82. The van der Waals surface area contributed by atoms with Gasteiger partial charge in [-0.15, -0.1) is 5.10 Å². The fourth-order valence-corrected chi connectivity index (χ4v) is 1.99. The van der Waals surface area contributed by atoms with Gasteiger partial charge in [-0.3, -0.25) is 0 Å². The summed E-state index contributed by atoms with van der Waals surface area (Å²) in [5.41, 5.74) is 7.88. The van der Waals surface area contributed by atoms with Crippen LogP contribution < -0.4 is 10.5 Å². The number of benzene rings is 1. The molecule has 4 nitrogen and oxygen atoms in total. The fraction of sp³-hybridized carbons (Fsp3) is 0.333. The van der Waals surface area contributed by atoms with Crippen LogP contribution in [0.5, 0.6) is 5.75 Å². The minimum absolute atomic E-state index is 0.178. The third kappa shape index (κ3) is 3.01. The van der Waals surface area contributed by atoms with Crippen molar-refractivity contribution >= 4 is 11.5 Å². The fourth-order valence-electron chi connectivity index (χ4n) is 1.50. The van der Waals surface area contributed by atoms with Crippen LogP contribution in [0.15, 0.2) is 29.6 Å². The number of hydrogen-bond donors (Lipinski definition) is 1. The molecule has 0 saturated carbocycles. The number of hydrogen-bond acceptors (Lipinski definition) is 5. The number of rotatable bonds is 4. The summed E-state index contributed by atoms with van der Waals surface area (Å²) in [7, 11) is 0. The molecular formula is C12H15N3OS. The molecular weight excluding hydrogens is 234 g/mol. The summed E-state index contributed by atoms with van der Waals surface area (Å²) >= 11 is 1.31. The summed E-state index contributed by atoms with van der Waals surface area (Å²) in [6, 6.07) is 7.55. The number of nitrogens with zero attached hydrogens (tertiary/aromatic N) is 2. The van der Waals surface area contributed by atoms with Crippen molar-refractivity contribution < 1.29 is 4.74 Å². The van der Waals surface area contributed by atoms with Crippen LogP contribution >= 0.6 is 11.5 Å². The molecule has 0 aliphatic carbocycles. The van der Waals surface area contributed by atoms with E-state index in [0.29, 0.717) is 0 Å². The van der Waals surface area contributed by atoms with Gasteiger partial charge in [0.05, 0.1) is 17.8 Å². The van der Waals surface area contributed by atoms with E-state index in [2.05, 4.69) is 9.59 Å². The topological polar surface area (TPSA) is 61.0 Å². The molecule has 0 spiro atoms. The smallest absolute Gasteiger partial charge is 0.119 e. The van der Waals surface area contributed by atoms with E-state index in [4.69, 9.17) is 10.5 Å². The van der Waals surface area contributed by atoms with Crippen LogP contribution in [0.2, 0.25) is 0 Å². The highest BCUT2D eigenvalue weighted by molar-refractivity contribution is 7.03. The summed E-state index contributed by atoms with van der Waals surface area (Å²) in [6.45, 7) is 4.00. The van der Waals surface area contributed by atoms with Crippen molar-refractivity contribution in [3.05, 3.63) is 40.9 Å². The van der Waals surface area contributed by atoms with Crippen LogP contribution in [0.1, 0.15) is 31.1 Å². The molecule has 2 rings (SSSR count). The lowest BCUT2D eigenvalue weighted by Gasteiger charge is -2.12. The van der Waals surface area contributed by atoms with Gasteiger partial charge in [-0.05, 0) is 43.1 Å². The molecule has 1 heterocycles. The van der Waals surface area contributed by atoms with Crippen molar-refractivity contribution in [2.75, 3.05) is 0 Å². The maximum Gasteiger partial charge on any atom is 0.119 e. The lowest BCUT2D eigenvalue weighted by atomic mass is 10.1. The monoisotopic (exact) mass is 249 g/mol. The van der Waals surface area contributed by atoms with Crippen molar-refractivity contribution in [1.82, 2.24) is 9.59 Å². The largest absolute Gasteiger partial charge is 0.491 e. The first-order valence-corrected chi connectivity index (χ1v) is 6.29. The Balaban J connectivity index is 2.12. The van der Waals surface area contributed by atoms with Crippen molar-refractivity contribution in [2.24, 2.45) is 5.73 Å². The Hall–Kier alpha value is -1.46. The molecule has 0 bridgehead atoms. The van der Waals surface area contributed by atoms with Gasteiger partial charge in [-0.2, -0.15) is 0 Å². The van der Waals surface area contributed by atoms with Crippen molar-refractivity contribution in [2.45, 2.75) is 26.0 Å². The number of ether oxygens (including phenoxy) is 1. The lowest BCUT2D eigenvalue weighted by Crippen LogP contribution is -2.12. The number of nitrogens with two attached hydrogens (primary N) is 1. The Bertz CT molecular complexity index is 453. The predicted molar refractivity (Wildman–Crippen MR) is 68.1 cm³/mol. The highest BCUT2D eigenvalue weighted by atomic mass is 32.1. The molecule has 0 aliphatic heterocycles. The van der Waals surface area contributed by atoms with E-state index in [1.165, 1.54) is 11.5 Å². The zero-order valence-corrected chi connectivity index (χ0v) is 10.6. The van der Waals surface area contributed by atoms with Crippen LogP contribution in [-0.2, 0) is 0 Å². The van der Waals surface area contributed by atoms with Crippen molar-refractivity contribution in [3.8, 4) is 5.75 Å². The van der Waals surface area contributed by atoms with E-state index >= 15 is 0 Å². The first kappa shape index (κ1) is 12.0. The van der Waals surface area contributed by atoms with E-state index in [1.54, 1.807) is 0 Å². The maximum atomic E-state index is 6.08. The van der Waals surface area contributed by atoms with Gasteiger partial charge in [0.25, 0.3) is 0 Å².